The highest BCUT2D eigenvalue weighted by atomic mass is 15.6. The topological polar surface area (TPSA) is 87.1 Å². The Balaban J connectivity index is 1.28. The number of para-hydroxylation sites is 6. The summed E-state index contributed by atoms with van der Waals surface area (Å²) < 4.78 is 0. The molecule has 0 saturated carbocycles. The van der Waals surface area contributed by atoms with Gasteiger partial charge in [-0.1, -0.05) is 109 Å². The summed E-state index contributed by atoms with van der Waals surface area (Å²) in [6.45, 7) is 0. The summed E-state index contributed by atoms with van der Waals surface area (Å²) in [4.78, 5) is 38.3. The third-order valence-corrected chi connectivity index (χ3v) is 8.49. The van der Waals surface area contributed by atoms with Crippen molar-refractivity contribution in [1.29, 1.82) is 0 Å². The van der Waals surface area contributed by atoms with E-state index in [4.69, 9.17) is 30.0 Å². The van der Waals surface area contributed by atoms with E-state index in [1.54, 1.807) is 4.90 Å². The van der Waals surface area contributed by atoms with Crippen LogP contribution in [-0.4, -0.2) is 40.7 Å². The van der Waals surface area contributed by atoms with Crippen LogP contribution in [0, 0.1) is 0 Å². The van der Waals surface area contributed by atoms with Crippen LogP contribution < -0.4 is 14.7 Å². The van der Waals surface area contributed by atoms with Crippen molar-refractivity contribution in [3.8, 4) is 0 Å². The standard InChI is InChI=1S/C42H30N10/c1-7-19-31(20-8-1)49(32-21-9-2-10-22-32)37-43-40-45-38(50(33-23-11-3-12-24-33)34-25-13-4-14-26-34)47-42-48-39(46-41(44-37)52(40)42)51(35-27-15-5-16-28-35)36-29-17-6-18-30-36/h1-30H. The van der Waals surface area contributed by atoms with Crippen molar-refractivity contribution in [3.63, 3.8) is 0 Å². The van der Waals surface area contributed by atoms with Crippen LogP contribution in [0.5, 0.6) is 0 Å². The molecule has 0 atom stereocenters. The minimum absolute atomic E-state index is 0.339. The van der Waals surface area contributed by atoms with Crippen molar-refractivity contribution in [1.82, 2.24) is 4.90 Å². The maximum Gasteiger partial charge on any atom is 0.246 e. The van der Waals surface area contributed by atoms with E-state index in [1.165, 1.54) is 0 Å². The van der Waals surface area contributed by atoms with Crippen molar-refractivity contribution in [2.75, 3.05) is 14.7 Å². The van der Waals surface area contributed by atoms with Gasteiger partial charge in [-0.15, -0.1) is 0 Å². The highest BCUT2D eigenvalue weighted by Crippen LogP contribution is 2.33. The fourth-order valence-electron chi connectivity index (χ4n) is 6.16. The molecule has 0 saturated heterocycles. The Morgan fingerprint density at radius 3 is 0.635 bits per heavy atom. The van der Waals surface area contributed by atoms with Gasteiger partial charge in [0.15, 0.2) is 0 Å². The maximum absolute atomic E-state index is 5.11. The van der Waals surface area contributed by atoms with E-state index in [0.29, 0.717) is 35.8 Å². The number of aliphatic imine (C=N–C) groups is 6. The first-order chi connectivity index (χ1) is 25.8. The summed E-state index contributed by atoms with van der Waals surface area (Å²) in [6, 6.07) is 60.2. The zero-order valence-corrected chi connectivity index (χ0v) is 27.8. The Kier molecular flexibility index (Phi) is 7.91. The fraction of sp³-hybridized carbons (Fsp3) is 0. The van der Waals surface area contributed by atoms with E-state index in [-0.39, 0.29) is 0 Å². The number of rotatable bonds is 6. The molecule has 3 heterocycles. The molecule has 3 aliphatic heterocycles. The Morgan fingerprint density at radius 2 is 0.442 bits per heavy atom. The molecule has 9 rings (SSSR count). The van der Waals surface area contributed by atoms with Crippen LogP contribution in [0.4, 0.5) is 34.1 Å². The van der Waals surface area contributed by atoms with E-state index in [0.717, 1.165) is 34.1 Å². The molecule has 0 aromatic heterocycles. The normalized spacial score (nSPS) is 14.4. The van der Waals surface area contributed by atoms with Crippen molar-refractivity contribution in [2.45, 2.75) is 0 Å². The number of hydrogen-bond donors (Lipinski definition) is 0. The zero-order chi connectivity index (χ0) is 34.7. The smallest absolute Gasteiger partial charge is 0.246 e. The summed E-state index contributed by atoms with van der Waals surface area (Å²) >= 11 is 0. The van der Waals surface area contributed by atoms with Crippen LogP contribution in [0.1, 0.15) is 0 Å². The summed E-state index contributed by atoms with van der Waals surface area (Å²) in [5, 5.41) is 0. The maximum atomic E-state index is 5.11. The third kappa shape index (κ3) is 5.80. The molecule has 0 fully saturated rings. The molecule has 0 unspecified atom stereocenters. The van der Waals surface area contributed by atoms with Crippen molar-refractivity contribution < 1.29 is 0 Å². The van der Waals surface area contributed by atoms with Gasteiger partial charge in [-0.2, -0.15) is 30.0 Å². The largest absolute Gasteiger partial charge is 0.279 e. The van der Waals surface area contributed by atoms with Crippen LogP contribution >= 0.6 is 0 Å². The van der Waals surface area contributed by atoms with Gasteiger partial charge in [0.1, 0.15) is 0 Å². The van der Waals surface area contributed by atoms with Gasteiger partial charge in [-0.3, -0.25) is 14.7 Å². The van der Waals surface area contributed by atoms with Gasteiger partial charge in [0.05, 0.1) is 0 Å². The number of hydrogen-bond acceptors (Lipinski definition) is 10. The average Bonchev–Trinajstić information content (AvgIpc) is 3.21. The van der Waals surface area contributed by atoms with Crippen molar-refractivity contribution in [2.24, 2.45) is 30.0 Å². The molecule has 3 aliphatic rings. The molecular weight excluding hydrogens is 645 g/mol. The third-order valence-electron chi connectivity index (χ3n) is 8.49. The lowest BCUT2D eigenvalue weighted by Gasteiger charge is -2.36. The van der Waals surface area contributed by atoms with E-state index >= 15 is 0 Å². The minimum atomic E-state index is 0.339. The predicted molar refractivity (Wildman–Crippen MR) is 212 cm³/mol. The summed E-state index contributed by atoms with van der Waals surface area (Å²) in [6.07, 6.45) is 0. The van der Waals surface area contributed by atoms with Crippen LogP contribution in [0.15, 0.2) is 212 Å². The van der Waals surface area contributed by atoms with Gasteiger partial charge in [0, 0.05) is 34.1 Å². The molecule has 0 spiro atoms. The Hall–Kier alpha value is -7.46. The van der Waals surface area contributed by atoms with Gasteiger partial charge in [-0.25, -0.2) is 4.90 Å². The Morgan fingerprint density at radius 1 is 0.250 bits per heavy atom. The molecule has 0 radical (unpaired) electrons. The lowest BCUT2D eigenvalue weighted by Crippen LogP contribution is -2.51. The molecule has 248 valence electrons. The molecule has 52 heavy (non-hydrogen) atoms. The first-order valence-corrected chi connectivity index (χ1v) is 16.8. The second-order valence-electron chi connectivity index (χ2n) is 11.8. The lowest BCUT2D eigenvalue weighted by atomic mass is 10.2. The number of nitrogens with zero attached hydrogens (tertiary/aromatic N) is 10. The summed E-state index contributed by atoms with van der Waals surface area (Å²) in [7, 11) is 0. The summed E-state index contributed by atoms with van der Waals surface area (Å²) in [5.74, 6) is 2.20. The second-order valence-corrected chi connectivity index (χ2v) is 11.8. The Bertz CT molecular complexity index is 2000. The van der Waals surface area contributed by atoms with Gasteiger partial charge < -0.3 is 0 Å². The van der Waals surface area contributed by atoms with E-state index in [9.17, 15) is 0 Å². The van der Waals surface area contributed by atoms with E-state index in [2.05, 4.69) is 0 Å². The molecule has 0 bridgehead atoms. The molecule has 10 heteroatoms. The predicted octanol–water partition coefficient (Wildman–Crippen LogP) is 8.98. The monoisotopic (exact) mass is 674 g/mol. The van der Waals surface area contributed by atoms with Gasteiger partial charge in [0.2, 0.25) is 35.8 Å². The first kappa shape index (κ1) is 30.6. The van der Waals surface area contributed by atoms with Crippen LogP contribution in [0.3, 0.4) is 0 Å². The first-order valence-electron chi connectivity index (χ1n) is 16.8. The minimum Gasteiger partial charge on any atom is -0.279 e. The number of benzene rings is 6. The number of anilines is 6. The van der Waals surface area contributed by atoms with E-state index in [1.807, 2.05) is 197 Å². The second kappa shape index (κ2) is 13.4. The quantitative estimate of drug-likeness (QED) is 0.177. The van der Waals surface area contributed by atoms with E-state index < -0.39 is 0 Å². The number of guanidine groups is 6. The molecule has 0 amide bonds. The zero-order valence-electron chi connectivity index (χ0n) is 27.8. The van der Waals surface area contributed by atoms with Gasteiger partial charge in [-0.05, 0) is 72.8 Å². The Labute approximate surface area is 300 Å². The average molecular weight is 675 g/mol. The van der Waals surface area contributed by atoms with Crippen molar-refractivity contribution >= 4 is 69.9 Å². The molecular formula is C42H30N10. The van der Waals surface area contributed by atoms with Gasteiger partial charge >= 0.3 is 0 Å². The van der Waals surface area contributed by atoms with Gasteiger partial charge in [0.25, 0.3) is 0 Å². The van der Waals surface area contributed by atoms with Crippen molar-refractivity contribution in [3.05, 3.63) is 182 Å². The molecule has 0 aliphatic carbocycles. The highest BCUT2D eigenvalue weighted by Gasteiger charge is 2.39. The molecule has 10 nitrogen and oxygen atoms in total. The lowest BCUT2D eigenvalue weighted by molar-refractivity contribution is 0.821. The SMILES string of the molecule is c1ccc(N(C2=NC3=NC(N(c4ccccc4)c4ccccc4)=NC4=NC(N(c5ccccc5)c5ccccc5)=NC(=N2)N34)c2ccccc2)cc1. The molecule has 6 aromatic rings. The summed E-state index contributed by atoms with van der Waals surface area (Å²) in [5.41, 5.74) is 5.30. The van der Waals surface area contributed by atoms with Crippen LogP contribution in [-0.2, 0) is 0 Å². The fourth-order valence-corrected chi connectivity index (χ4v) is 6.16. The van der Waals surface area contributed by atoms with Crippen LogP contribution in [0.25, 0.3) is 0 Å². The molecule has 0 N–H and O–H groups in total. The van der Waals surface area contributed by atoms with Crippen LogP contribution in [0.2, 0.25) is 0 Å². The molecule has 6 aromatic carbocycles. The highest BCUT2D eigenvalue weighted by molar-refractivity contribution is 6.34.